The van der Waals surface area contributed by atoms with Crippen LogP contribution in [0.3, 0.4) is 0 Å². The number of methoxy groups -OCH3 is 2. The van der Waals surface area contributed by atoms with Gasteiger partial charge in [-0.3, -0.25) is 0 Å². The van der Waals surface area contributed by atoms with Crippen LogP contribution in [0.1, 0.15) is 11.3 Å². The van der Waals surface area contributed by atoms with Crippen molar-refractivity contribution in [1.29, 1.82) is 0 Å². The second kappa shape index (κ2) is 6.07. The van der Waals surface area contributed by atoms with Crippen molar-refractivity contribution in [3.8, 4) is 11.5 Å². The normalized spacial score (nSPS) is 10.3. The van der Waals surface area contributed by atoms with Gasteiger partial charge in [0.15, 0.2) is 11.5 Å². The molecule has 0 aliphatic rings. The smallest absolute Gasteiger partial charge is 0.165 e. The number of aromatic nitrogens is 1. The molecule has 2 rings (SSSR count). The SMILES string of the molecule is COc1cccc(CNCc2ccon2)c1OC. The lowest BCUT2D eigenvalue weighted by Crippen LogP contribution is -2.13. The molecule has 96 valence electrons. The summed E-state index contributed by atoms with van der Waals surface area (Å²) in [5.74, 6) is 1.49. The molecule has 1 N–H and O–H groups in total. The highest BCUT2D eigenvalue weighted by molar-refractivity contribution is 5.46. The predicted octanol–water partition coefficient (Wildman–Crippen LogP) is 1.98. The average molecular weight is 248 g/mol. The summed E-state index contributed by atoms with van der Waals surface area (Å²) >= 11 is 0. The van der Waals surface area contributed by atoms with Gasteiger partial charge in [0, 0.05) is 24.7 Å². The van der Waals surface area contributed by atoms with Gasteiger partial charge in [0.05, 0.1) is 19.9 Å². The molecule has 0 radical (unpaired) electrons. The summed E-state index contributed by atoms with van der Waals surface area (Å²) in [5.41, 5.74) is 1.91. The Morgan fingerprint density at radius 2 is 2.06 bits per heavy atom. The van der Waals surface area contributed by atoms with Gasteiger partial charge in [0.2, 0.25) is 0 Å². The third kappa shape index (κ3) is 2.81. The summed E-state index contributed by atoms with van der Waals surface area (Å²) in [5, 5.41) is 7.10. The monoisotopic (exact) mass is 248 g/mol. The summed E-state index contributed by atoms with van der Waals surface area (Å²) in [4.78, 5) is 0. The number of nitrogens with zero attached hydrogens (tertiary/aromatic N) is 1. The van der Waals surface area contributed by atoms with Crippen LogP contribution in [-0.4, -0.2) is 19.4 Å². The Labute approximate surface area is 106 Å². The topological polar surface area (TPSA) is 56.5 Å². The number of hydrogen-bond donors (Lipinski definition) is 1. The third-order valence-electron chi connectivity index (χ3n) is 2.60. The molecule has 2 aromatic rings. The van der Waals surface area contributed by atoms with Crippen molar-refractivity contribution >= 4 is 0 Å². The maximum absolute atomic E-state index is 5.36. The molecule has 18 heavy (non-hydrogen) atoms. The first kappa shape index (κ1) is 12.4. The van der Waals surface area contributed by atoms with E-state index in [1.165, 1.54) is 0 Å². The standard InChI is InChI=1S/C13H16N2O3/c1-16-12-5-3-4-10(13(12)17-2)8-14-9-11-6-7-18-15-11/h3-7,14H,8-9H2,1-2H3. The fourth-order valence-corrected chi connectivity index (χ4v) is 1.75. The van der Waals surface area contributed by atoms with Crippen LogP contribution in [0.5, 0.6) is 11.5 Å². The minimum atomic E-state index is 0.650. The molecule has 0 fully saturated rings. The van der Waals surface area contributed by atoms with Gasteiger partial charge in [-0.25, -0.2) is 0 Å². The van der Waals surface area contributed by atoms with E-state index in [1.807, 2.05) is 24.3 Å². The molecule has 0 saturated heterocycles. The molecule has 1 aromatic heterocycles. The summed E-state index contributed by atoms with van der Waals surface area (Å²) in [6.45, 7) is 1.32. The van der Waals surface area contributed by atoms with Crippen LogP contribution in [-0.2, 0) is 13.1 Å². The van der Waals surface area contributed by atoms with Crippen LogP contribution < -0.4 is 14.8 Å². The third-order valence-corrected chi connectivity index (χ3v) is 2.60. The van der Waals surface area contributed by atoms with E-state index in [-0.39, 0.29) is 0 Å². The number of benzene rings is 1. The lowest BCUT2D eigenvalue weighted by atomic mass is 10.2. The molecule has 5 heteroatoms. The fraction of sp³-hybridized carbons (Fsp3) is 0.308. The number of nitrogens with one attached hydrogen (secondary N) is 1. The highest BCUT2D eigenvalue weighted by atomic mass is 16.5. The van der Waals surface area contributed by atoms with Crippen molar-refractivity contribution in [3.63, 3.8) is 0 Å². The average Bonchev–Trinajstić information content (AvgIpc) is 2.91. The van der Waals surface area contributed by atoms with Gasteiger partial charge in [0.1, 0.15) is 6.26 Å². The van der Waals surface area contributed by atoms with Crippen LogP contribution in [0.15, 0.2) is 35.1 Å². The molecule has 5 nitrogen and oxygen atoms in total. The first-order chi connectivity index (χ1) is 8.85. The molecule has 1 aromatic carbocycles. The van der Waals surface area contributed by atoms with Crippen molar-refractivity contribution in [2.45, 2.75) is 13.1 Å². The van der Waals surface area contributed by atoms with Crippen LogP contribution in [0, 0.1) is 0 Å². The zero-order valence-electron chi connectivity index (χ0n) is 10.5. The minimum Gasteiger partial charge on any atom is -0.493 e. The number of rotatable bonds is 6. The minimum absolute atomic E-state index is 0.650. The molecule has 0 saturated carbocycles. The molecule has 0 unspecified atom stereocenters. The highest BCUT2D eigenvalue weighted by Gasteiger charge is 2.08. The van der Waals surface area contributed by atoms with Crippen LogP contribution in [0.4, 0.5) is 0 Å². The van der Waals surface area contributed by atoms with Gasteiger partial charge in [-0.05, 0) is 6.07 Å². The zero-order valence-corrected chi connectivity index (χ0v) is 10.5. The van der Waals surface area contributed by atoms with Crippen LogP contribution >= 0.6 is 0 Å². The van der Waals surface area contributed by atoms with Crippen molar-refractivity contribution in [3.05, 3.63) is 41.8 Å². The molecular weight excluding hydrogens is 232 g/mol. The van der Waals surface area contributed by atoms with Crippen molar-refractivity contribution in [1.82, 2.24) is 10.5 Å². The second-order valence-corrected chi connectivity index (χ2v) is 3.75. The van der Waals surface area contributed by atoms with Gasteiger partial charge in [-0.15, -0.1) is 0 Å². The first-order valence-corrected chi connectivity index (χ1v) is 5.65. The highest BCUT2D eigenvalue weighted by Crippen LogP contribution is 2.30. The molecule has 0 amide bonds. The van der Waals surface area contributed by atoms with Gasteiger partial charge in [0.25, 0.3) is 0 Å². The van der Waals surface area contributed by atoms with E-state index in [2.05, 4.69) is 10.5 Å². The van der Waals surface area contributed by atoms with Crippen molar-refractivity contribution in [2.24, 2.45) is 0 Å². The predicted molar refractivity (Wildman–Crippen MR) is 66.6 cm³/mol. The van der Waals surface area contributed by atoms with Gasteiger partial charge in [-0.1, -0.05) is 17.3 Å². The summed E-state index contributed by atoms with van der Waals surface area (Å²) < 4.78 is 15.4. The van der Waals surface area contributed by atoms with E-state index >= 15 is 0 Å². The molecule has 0 spiro atoms. The second-order valence-electron chi connectivity index (χ2n) is 3.75. The Morgan fingerprint density at radius 3 is 2.72 bits per heavy atom. The van der Waals surface area contributed by atoms with E-state index in [9.17, 15) is 0 Å². The first-order valence-electron chi connectivity index (χ1n) is 5.65. The fourth-order valence-electron chi connectivity index (χ4n) is 1.75. The largest absolute Gasteiger partial charge is 0.493 e. The maximum Gasteiger partial charge on any atom is 0.165 e. The van der Waals surface area contributed by atoms with Crippen LogP contribution in [0.2, 0.25) is 0 Å². The number of hydrogen-bond acceptors (Lipinski definition) is 5. The van der Waals surface area contributed by atoms with Crippen molar-refractivity contribution in [2.75, 3.05) is 14.2 Å². The molecule has 1 heterocycles. The Bertz CT molecular complexity index is 483. The van der Waals surface area contributed by atoms with Crippen molar-refractivity contribution < 1.29 is 14.0 Å². The molecular formula is C13H16N2O3. The molecule has 0 aliphatic carbocycles. The lowest BCUT2D eigenvalue weighted by Gasteiger charge is -2.12. The van der Waals surface area contributed by atoms with Gasteiger partial charge >= 0.3 is 0 Å². The van der Waals surface area contributed by atoms with E-state index in [0.717, 1.165) is 22.8 Å². The Morgan fingerprint density at radius 1 is 1.17 bits per heavy atom. The lowest BCUT2D eigenvalue weighted by molar-refractivity contribution is 0.350. The van der Waals surface area contributed by atoms with Gasteiger partial charge in [-0.2, -0.15) is 0 Å². The summed E-state index contributed by atoms with van der Waals surface area (Å²) in [7, 11) is 3.27. The summed E-state index contributed by atoms with van der Waals surface area (Å²) in [6, 6.07) is 7.64. The quantitative estimate of drug-likeness (QED) is 0.847. The number of para-hydroxylation sites is 1. The van der Waals surface area contributed by atoms with E-state index in [1.54, 1.807) is 20.5 Å². The summed E-state index contributed by atoms with van der Waals surface area (Å²) in [6.07, 6.45) is 1.56. The molecule has 0 atom stereocenters. The Kier molecular flexibility index (Phi) is 4.20. The molecule has 0 aliphatic heterocycles. The van der Waals surface area contributed by atoms with E-state index in [4.69, 9.17) is 14.0 Å². The maximum atomic E-state index is 5.36. The Hall–Kier alpha value is -2.01. The Balaban J connectivity index is 2.00. The molecule has 0 bridgehead atoms. The van der Waals surface area contributed by atoms with Crippen LogP contribution in [0.25, 0.3) is 0 Å². The van der Waals surface area contributed by atoms with Gasteiger partial charge < -0.3 is 19.3 Å². The number of ether oxygens (including phenoxy) is 2. The van der Waals surface area contributed by atoms with E-state index < -0.39 is 0 Å². The van der Waals surface area contributed by atoms with E-state index in [0.29, 0.717) is 13.1 Å². The zero-order chi connectivity index (χ0) is 12.8.